The number of anilines is 2. The Labute approximate surface area is 226 Å². The molecule has 210 valence electrons. The zero-order valence-electron chi connectivity index (χ0n) is 21.8. The number of alkyl halides is 3. The van der Waals surface area contributed by atoms with Crippen molar-refractivity contribution in [1.82, 2.24) is 29.5 Å². The van der Waals surface area contributed by atoms with E-state index in [1.807, 2.05) is 11.8 Å². The lowest BCUT2D eigenvalue weighted by Gasteiger charge is -2.34. The van der Waals surface area contributed by atoms with Crippen molar-refractivity contribution in [2.45, 2.75) is 59.0 Å². The molecule has 2 amide bonds. The molecular weight excluding hydrogens is 545 g/mol. The number of hydrogen-bond acceptors (Lipinski definition) is 10. The number of imide groups is 1. The summed E-state index contributed by atoms with van der Waals surface area (Å²) in [4.78, 5) is 48.5. The normalized spacial score (nSPS) is 16.4. The molecule has 16 heteroatoms. The number of imidazole rings is 1. The van der Waals surface area contributed by atoms with Crippen molar-refractivity contribution in [2.75, 3.05) is 29.6 Å². The monoisotopic (exact) mass is 570 g/mol. The number of fused-ring (bicyclic) bond motifs is 1. The van der Waals surface area contributed by atoms with Gasteiger partial charge >= 0.3 is 12.3 Å². The molecule has 0 bridgehead atoms. The summed E-state index contributed by atoms with van der Waals surface area (Å²) in [6, 6.07) is -0.159. The Morgan fingerprint density at radius 1 is 1.18 bits per heavy atom. The van der Waals surface area contributed by atoms with Crippen molar-refractivity contribution in [2.24, 2.45) is 0 Å². The van der Waals surface area contributed by atoms with E-state index in [4.69, 9.17) is 21.1 Å². The maximum Gasteiger partial charge on any atom is 0.424 e. The van der Waals surface area contributed by atoms with Gasteiger partial charge in [-0.05, 0) is 39.3 Å². The molecule has 0 N–H and O–H groups in total. The van der Waals surface area contributed by atoms with Crippen molar-refractivity contribution in [3.63, 3.8) is 0 Å². The standard InChI is InChI=1S/C23H26ClF3N8O4/c1-12-10-38-7-6-33(12)17-15-18(34(19(24)30-15)11-23(25,26)27)32-16(31-17)14-8-28-20(29-9-14)35(13(2)36)21(37)39-22(3,4)5/h8-9,12H,6-7,10-11H2,1-5H3/t12-/m0/s1. The second kappa shape index (κ2) is 10.5. The van der Waals surface area contributed by atoms with E-state index >= 15 is 0 Å². The van der Waals surface area contributed by atoms with Gasteiger partial charge in [-0.2, -0.15) is 18.1 Å². The molecule has 4 rings (SSSR count). The first-order chi connectivity index (χ1) is 18.1. The van der Waals surface area contributed by atoms with Gasteiger partial charge in [0.1, 0.15) is 12.1 Å². The van der Waals surface area contributed by atoms with Crippen molar-refractivity contribution in [1.29, 1.82) is 0 Å². The average molecular weight is 571 g/mol. The van der Waals surface area contributed by atoms with Crippen LogP contribution in [0.1, 0.15) is 34.6 Å². The zero-order valence-corrected chi connectivity index (χ0v) is 22.5. The molecule has 1 atom stereocenters. The summed E-state index contributed by atoms with van der Waals surface area (Å²) < 4.78 is 51.6. The van der Waals surface area contributed by atoms with Gasteiger partial charge in [0.15, 0.2) is 22.8 Å². The minimum atomic E-state index is -4.59. The fourth-order valence-corrected chi connectivity index (χ4v) is 4.09. The van der Waals surface area contributed by atoms with E-state index in [-0.39, 0.29) is 40.4 Å². The maximum atomic E-state index is 13.4. The Balaban J connectivity index is 1.81. The topological polar surface area (TPSA) is 128 Å². The smallest absolute Gasteiger partial charge is 0.424 e. The summed E-state index contributed by atoms with van der Waals surface area (Å²) in [5.41, 5.74) is -0.681. The molecule has 1 aliphatic heterocycles. The lowest BCUT2D eigenvalue weighted by Crippen LogP contribution is -2.44. The average Bonchev–Trinajstić information content (AvgIpc) is 3.12. The van der Waals surface area contributed by atoms with Gasteiger partial charge in [0, 0.05) is 25.9 Å². The molecular formula is C23H26ClF3N8O4. The predicted octanol–water partition coefficient (Wildman–Crippen LogP) is 4.01. The van der Waals surface area contributed by atoms with E-state index in [2.05, 4.69) is 24.9 Å². The SMILES string of the molecule is CC(=O)N(C(=O)OC(C)(C)C)c1ncc(-c2nc(N3CCOC[C@@H]3C)c3nc(Cl)n(CC(F)(F)F)c3n2)cn1. The molecule has 3 aromatic rings. The molecule has 4 heterocycles. The Kier molecular flexibility index (Phi) is 7.67. The fraction of sp³-hybridized carbons (Fsp3) is 0.522. The fourth-order valence-electron chi connectivity index (χ4n) is 3.86. The van der Waals surface area contributed by atoms with E-state index in [1.54, 1.807) is 20.8 Å². The van der Waals surface area contributed by atoms with E-state index in [9.17, 15) is 22.8 Å². The number of nitrogens with zero attached hydrogens (tertiary/aromatic N) is 8. The third kappa shape index (κ3) is 6.36. The highest BCUT2D eigenvalue weighted by molar-refractivity contribution is 6.29. The second-order valence-electron chi connectivity index (χ2n) is 9.85. The molecule has 3 aromatic heterocycles. The molecule has 0 spiro atoms. The Hall–Kier alpha value is -3.59. The van der Waals surface area contributed by atoms with E-state index in [0.29, 0.717) is 24.7 Å². The maximum absolute atomic E-state index is 13.4. The number of aromatic nitrogens is 6. The van der Waals surface area contributed by atoms with Gasteiger partial charge in [0.25, 0.3) is 0 Å². The molecule has 0 radical (unpaired) electrons. The van der Waals surface area contributed by atoms with Gasteiger partial charge in [-0.15, -0.1) is 0 Å². The molecule has 0 unspecified atom stereocenters. The number of carbonyl (C=O) groups excluding carboxylic acids is 2. The third-order valence-corrected chi connectivity index (χ3v) is 5.78. The highest BCUT2D eigenvalue weighted by Crippen LogP contribution is 2.33. The first kappa shape index (κ1) is 28.4. The number of halogens is 4. The number of carbonyl (C=O) groups is 2. The Morgan fingerprint density at radius 2 is 1.85 bits per heavy atom. The zero-order chi connectivity index (χ0) is 28.7. The summed E-state index contributed by atoms with van der Waals surface area (Å²) >= 11 is 6.11. The summed E-state index contributed by atoms with van der Waals surface area (Å²) in [5.74, 6) is -0.663. The van der Waals surface area contributed by atoms with Crippen molar-refractivity contribution < 1.29 is 32.2 Å². The van der Waals surface area contributed by atoms with Crippen LogP contribution in [0.2, 0.25) is 5.28 Å². The Morgan fingerprint density at radius 3 is 2.41 bits per heavy atom. The summed E-state index contributed by atoms with van der Waals surface area (Å²) in [6.07, 6.45) is -3.04. The largest absolute Gasteiger partial charge is 0.443 e. The van der Waals surface area contributed by atoms with Crippen LogP contribution < -0.4 is 9.80 Å². The molecule has 0 aliphatic carbocycles. The lowest BCUT2D eigenvalue weighted by molar-refractivity contribution is -0.140. The van der Waals surface area contributed by atoms with Crippen LogP contribution in [0.15, 0.2) is 12.4 Å². The van der Waals surface area contributed by atoms with Gasteiger partial charge < -0.3 is 14.4 Å². The Bertz CT molecular complexity index is 1390. The van der Waals surface area contributed by atoms with Crippen molar-refractivity contribution in [3.05, 3.63) is 17.7 Å². The molecule has 1 fully saturated rings. The summed E-state index contributed by atoms with van der Waals surface area (Å²) in [7, 11) is 0. The van der Waals surface area contributed by atoms with Crippen LogP contribution >= 0.6 is 11.6 Å². The number of amides is 2. The number of morpholine rings is 1. The number of rotatable bonds is 4. The molecule has 0 saturated carbocycles. The van der Waals surface area contributed by atoms with E-state index in [0.717, 1.165) is 11.5 Å². The van der Waals surface area contributed by atoms with Crippen molar-refractivity contribution in [3.8, 4) is 11.4 Å². The van der Waals surface area contributed by atoms with Gasteiger partial charge in [-0.25, -0.2) is 29.7 Å². The van der Waals surface area contributed by atoms with E-state index < -0.39 is 35.6 Å². The van der Waals surface area contributed by atoms with Crippen LogP contribution in [0.25, 0.3) is 22.6 Å². The third-order valence-electron chi connectivity index (χ3n) is 5.49. The minimum absolute atomic E-state index is 0.00521. The summed E-state index contributed by atoms with van der Waals surface area (Å²) in [5, 5.41) is -0.392. The number of ether oxygens (including phenoxy) is 2. The van der Waals surface area contributed by atoms with Crippen LogP contribution in [0.3, 0.4) is 0 Å². The lowest BCUT2D eigenvalue weighted by atomic mass is 10.2. The highest BCUT2D eigenvalue weighted by Gasteiger charge is 2.33. The summed E-state index contributed by atoms with van der Waals surface area (Å²) in [6.45, 7) is 7.72. The molecule has 0 aromatic carbocycles. The molecule has 12 nitrogen and oxygen atoms in total. The van der Waals surface area contributed by atoms with Crippen LogP contribution in [0, 0.1) is 0 Å². The second-order valence-corrected chi connectivity index (χ2v) is 10.2. The van der Waals surface area contributed by atoms with Gasteiger partial charge in [-0.3, -0.25) is 9.36 Å². The van der Waals surface area contributed by atoms with Crippen LogP contribution in [0.5, 0.6) is 0 Å². The van der Waals surface area contributed by atoms with Gasteiger partial charge in [-0.1, -0.05) is 0 Å². The minimum Gasteiger partial charge on any atom is -0.443 e. The molecule has 1 saturated heterocycles. The van der Waals surface area contributed by atoms with Gasteiger partial charge in [0.2, 0.25) is 17.1 Å². The van der Waals surface area contributed by atoms with Gasteiger partial charge in [0.05, 0.1) is 24.8 Å². The van der Waals surface area contributed by atoms with E-state index in [1.165, 1.54) is 12.4 Å². The molecule has 1 aliphatic rings. The first-order valence-electron chi connectivity index (χ1n) is 11.9. The molecule has 39 heavy (non-hydrogen) atoms. The van der Waals surface area contributed by atoms with Crippen LogP contribution in [0.4, 0.5) is 29.7 Å². The van der Waals surface area contributed by atoms with Crippen molar-refractivity contribution >= 4 is 46.5 Å². The first-order valence-corrected chi connectivity index (χ1v) is 12.2. The van der Waals surface area contributed by atoms with Crippen LogP contribution in [-0.2, 0) is 20.8 Å². The highest BCUT2D eigenvalue weighted by atomic mass is 35.5. The predicted molar refractivity (Wildman–Crippen MR) is 134 cm³/mol. The van der Waals surface area contributed by atoms with Crippen LogP contribution in [-0.4, -0.2) is 79.1 Å². The quantitative estimate of drug-likeness (QED) is 0.424. The number of hydrogen-bond donors (Lipinski definition) is 0.